The Morgan fingerprint density at radius 1 is 1.08 bits per heavy atom. The largest absolute Gasteiger partial charge is 0.504 e. The van der Waals surface area contributed by atoms with E-state index in [0.717, 1.165) is 11.1 Å². The molecule has 1 aliphatic rings. The highest BCUT2D eigenvalue weighted by Gasteiger charge is 2.12. The zero-order valence-corrected chi connectivity index (χ0v) is 6.82. The van der Waals surface area contributed by atoms with Crippen LogP contribution in [0.3, 0.4) is 0 Å². The standard InChI is InChI=1S/C10H8O3/c11-8-2-1-6-4-9(12)10(13)5-7(6)3-8/h1-2,4-5,12-13H,3H2. The van der Waals surface area contributed by atoms with Crippen molar-refractivity contribution >= 4 is 11.9 Å². The molecule has 66 valence electrons. The van der Waals surface area contributed by atoms with Crippen LogP contribution in [0.2, 0.25) is 0 Å². The summed E-state index contributed by atoms with van der Waals surface area (Å²) >= 11 is 0. The molecule has 2 rings (SSSR count). The first-order chi connectivity index (χ1) is 6.16. The monoisotopic (exact) mass is 176 g/mol. The number of carbonyl (C=O) groups excluding carboxylic acids is 1. The zero-order chi connectivity index (χ0) is 9.42. The Bertz CT molecular complexity index is 405. The summed E-state index contributed by atoms with van der Waals surface area (Å²) in [4.78, 5) is 11.0. The number of fused-ring (bicyclic) bond motifs is 1. The molecule has 0 aliphatic heterocycles. The Morgan fingerprint density at radius 2 is 1.77 bits per heavy atom. The molecule has 0 heterocycles. The van der Waals surface area contributed by atoms with E-state index in [1.54, 1.807) is 6.08 Å². The fraction of sp³-hybridized carbons (Fsp3) is 0.100. The lowest BCUT2D eigenvalue weighted by atomic mass is 9.96. The van der Waals surface area contributed by atoms with Crippen LogP contribution in [-0.4, -0.2) is 16.0 Å². The van der Waals surface area contributed by atoms with E-state index < -0.39 is 0 Å². The van der Waals surface area contributed by atoms with Crippen molar-refractivity contribution in [3.63, 3.8) is 0 Å². The van der Waals surface area contributed by atoms with Crippen LogP contribution in [0.15, 0.2) is 18.2 Å². The highest BCUT2D eigenvalue weighted by molar-refractivity contribution is 5.98. The van der Waals surface area contributed by atoms with Gasteiger partial charge in [0.15, 0.2) is 17.3 Å². The molecule has 0 fully saturated rings. The molecule has 0 spiro atoms. The van der Waals surface area contributed by atoms with Crippen LogP contribution in [-0.2, 0) is 11.2 Å². The van der Waals surface area contributed by atoms with Crippen LogP contribution in [0.25, 0.3) is 6.08 Å². The van der Waals surface area contributed by atoms with E-state index in [0.29, 0.717) is 6.42 Å². The maximum atomic E-state index is 11.0. The normalized spacial score (nSPS) is 14.3. The molecule has 1 aromatic rings. The Morgan fingerprint density at radius 3 is 2.54 bits per heavy atom. The molecule has 0 unspecified atom stereocenters. The molecule has 0 atom stereocenters. The molecule has 0 saturated heterocycles. The summed E-state index contributed by atoms with van der Waals surface area (Å²) in [6.07, 6.45) is 3.40. The Balaban J connectivity index is 2.58. The quantitative estimate of drug-likeness (QED) is 0.584. The minimum absolute atomic E-state index is 0.0117. The highest BCUT2D eigenvalue weighted by Crippen LogP contribution is 2.30. The van der Waals surface area contributed by atoms with Gasteiger partial charge in [0.25, 0.3) is 0 Å². The van der Waals surface area contributed by atoms with Crippen LogP contribution < -0.4 is 0 Å². The van der Waals surface area contributed by atoms with Gasteiger partial charge in [0, 0.05) is 6.42 Å². The summed E-state index contributed by atoms with van der Waals surface area (Å²) < 4.78 is 0. The van der Waals surface area contributed by atoms with Crippen molar-refractivity contribution in [3.05, 3.63) is 29.3 Å². The Labute approximate surface area is 74.9 Å². The number of allylic oxidation sites excluding steroid dienone is 1. The molecule has 0 radical (unpaired) electrons. The molecule has 2 N–H and O–H groups in total. The Hall–Kier alpha value is -1.77. The lowest BCUT2D eigenvalue weighted by Crippen LogP contribution is -2.04. The first-order valence-corrected chi connectivity index (χ1v) is 3.92. The van der Waals surface area contributed by atoms with Crippen LogP contribution in [0, 0.1) is 0 Å². The molecule has 0 aromatic heterocycles. The van der Waals surface area contributed by atoms with E-state index in [4.69, 9.17) is 0 Å². The van der Waals surface area contributed by atoms with Gasteiger partial charge in [0.05, 0.1) is 0 Å². The van der Waals surface area contributed by atoms with Crippen LogP contribution in [0.1, 0.15) is 11.1 Å². The van der Waals surface area contributed by atoms with Crippen molar-refractivity contribution in [2.45, 2.75) is 6.42 Å². The molecule has 0 saturated carbocycles. The van der Waals surface area contributed by atoms with Crippen molar-refractivity contribution < 1.29 is 15.0 Å². The third-order valence-corrected chi connectivity index (χ3v) is 2.05. The van der Waals surface area contributed by atoms with Crippen molar-refractivity contribution in [3.8, 4) is 11.5 Å². The maximum Gasteiger partial charge on any atom is 0.160 e. The molecule has 0 amide bonds. The van der Waals surface area contributed by atoms with Crippen LogP contribution in [0.5, 0.6) is 11.5 Å². The minimum atomic E-state index is -0.179. The minimum Gasteiger partial charge on any atom is -0.504 e. The third-order valence-electron chi connectivity index (χ3n) is 2.05. The molecule has 3 heteroatoms. The van der Waals surface area contributed by atoms with Crippen LogP contribution >= 0.6 is 0 Å². The van der Waals surface area contributed by atoms with Crippen LogP contribution in [0.4, 0.5) is 0 Å². The van der Waals surface area contributed by atoms with E-state index >= 15 is 0 Å². The fourth-order valence-corrected chi connectivity index (χ4v) is 1.37. The van der Waals surface area contributed by atoms with Gasteiger partial charge in [-0.3, -0.25) is 4.79 Å². The van der Waals surface area contributed by atoms with Crippen molar-refractivity contribution in [1.82, 2.24) is 0 Å². The number of aromatic hydroxyl groups is 2. The summed E-state index contributed by atoms with van der Waals surface area (Å²) in [6.45, 7) is 0. The highest BCUT2D eigenvalue weighted by atomic mass is 16.3. The smallest absolute Gasteiger partial charge is 0.160 e. The molecule has 3 nitrogen and oxygen atoms in total. The van der Waals surface area contributed by atoms with Gasteiger partial charge in [-0.15, -0.1) is 0 Å². The molecule has 1 aliphatic carbocycles. The van der Waals surface area contributed by atoms with Crippen molar-refractivity contribution in [2.75, 3.05) is 0 Å². The number of phenolic OH excluding ortho intramolecular Hbond substituents is 2. The second-order valence-electron chi connectivity index (χ2n) is 3.02. The number of phenols is 2. The number of carbonyl (C=O) groups is 1. The number of hydrogen-bond donors (Lipinski definition) is 2. The van der Waals surface area contributed by atoms with Gasteiger partial charge in [0.2, 0.25) is 0 Å². The SMILES string of the molecule is O=C1C=Cc2cc(O)c(O)cc2C1. The van der Waals surface area contributed by atoms with E-state index in [1.165, 1.54) is 18.2 Å². The van der Waals surface area contributed by atoms with Gasteiger partial charge in [0.1, 0.15) is 0 Å². The molecule has 0 bridgehead atoms. The fourth-order valence-electron chi connectivity index (χ4n) is 1.37. The predicted octanol–water partition coefficient (Wildman–Crippen LogP) is 1.24. The van der Waals surface area contributed by atoms with Gasteiger partial charge in [-0.25, -0.2) is 0 Å². The lowest BCUT2D eigenvalue weighted by molar-refractivity contribution is -0.114. The number of benzene rings is 1. The topological polar surface area (TPSA) is 57.5 Å². The van der Waals surface area contributed by atoms with E-state index in [9.17, 15) is 15.0 Å². The van der Waals surface area contributed by atoms with E-state index in [-0.39, 0.29) is 17.3 Å². The summed E-state index contributed by atoms with van der Waals surface area (Å²) in [5.41, 5.74) is 1.54. The summed E-state index contributed by atoms with van der Waals surface area (Å²) in [5.74, 6) is -0.322. The summed E-state index contributed by atoms with van der Waals surface area (Å²) in [7, 11) is 0. The average molecular weight is 176 g/mol. The number of hydrogen-bond acceptors (Lipinski definition) is 3. The first kappa shape index (κ1) is 7.86. The molecule has 1 aromatic carbocycles. The van der Waals surface area contributed by atoms with E-state index in [1.807, 2.05) is 0 Å². The predicted molar refractivity (Wildman–Crippen MR) is 47.5 cm³/mol. The second-order valence-corrected chi connectivity index (χ2v) is 3.02. The van der Waals surface area contributed by atoms with Crippen molar-refractivity contribution in [1.29, 1.82) is 0 Å². The van der Waals surface area contributed by atoms with Gasteiger partial charge in [-0.1, -0.05) is 6.08 Å². The van der Waals surface area contributed by atoms with Gasteiger partial charge in [-0.05, 0) is 29.3 Å². The zero-order valence-electron chi connectivity index (χ0n) is 6.82. The average Bonchev–Trinajstić information content (AvgIpc) is 2.08. The summed E-state index contributed by atoms with van der Waals surface area (Å²) in [6, 6.07) is 2.87. The molecular weight excluding hydrogens is 168 g/mol. The first-order valence-electron chi connectivity index (χ1n) is 3.92. The number of ketones is 1. The Kier molecular flexibility index (Phi) is 1.59. The summed E-state index contributed by atoms with van der Waals surface area (Å²) in [5, 5.41) is 18.3. The molecular formula is C10H8O3. The maximum absolute atomic E-state index is 11.0. The van der Waals surface area contributed by atoms with Gasteiger partial charge >= 0.3 is 0 Å². The van der Waals surface area contributed by atoms with Gasteiger partial charge < -0.3 is 10.2 Å². The number of rotatable bonds is 0. The molecule has 13 heavy (non-hydrogen) atoms. The van der Waals surface area contributed by atoms with Crippen molar-refractivity contribution in [2.24, 2.45) is 0 Å². The third kappa shape index (κ3) is 1.28. The van der Waals surface area contributed by atoms with E-state index in [2.05, 4.69) is 0 Å². The second kappa shape index (κ2) is 2.62. The lowest BCUT2D eigenvalue weighted by Gasteiger charge is -2.10. The van der Waals surface area contributed by atoms with Gasteiger partial charge in [-0.2, -0.15) is 0 Å².